The first-order valence-corrected chi connectivity index (χ1v) is 11.3. The van der Waals surface area contributed by atoms with Crippen molar-refractivity contribution in [2.75, 3.05) is 32.3 Å². The number of aromatic nitrogens is 1. The normalized spacial score (nSPS) is 17.8. The summed E-state index contributed by atoms with van der Waals surface area (Å²) in [5, 5.41) is 3.89. The molecule has 0 fully saturated rings. The van der Waals surface area contributed by atoms with Gasteiger partial charge in [-0.3, -0.25) is 9.59 Å². The number of fused-ring (bicyclic) bond motifs is 2. The fraction of sp³-hybridized carbons (Fsp3) is 0.304. The predicted octanol–water partition coefficient (Wildman–Crippen LogP) is 2.51. The molecule has 0 bridgehead atoms. The summed E-state index contributed by atoms with van der Waals surface area (Å²) in [5.41, 5.74) is 2.64. The Hall–Kier alpha value is -3.17. The molecular weight excluding hydrogens is 428 g/mol. The number of amides is 2. The van der Waals surface area contributed by atoms with Crippen LogP contribution in [0.3, 0.4) is 0 Å². The second kappa shape index (κ2) is 9.54. The zero-order chi connectivity index (χ0) is 22.7. The summed E-state index contributed by atoms with van der Waals surface area (Å²) in [6.45, 7) is 0.499. The second-order valence-electron chi connectivity index (χ2n) is 7.29. The highest BCUT2D eigenvalue weighted by molar-refractivity contribution is 8.00. The molecule has 0 saturated carbocycles. The third-order valence-corrected chi connectivity index (χ3v) is 6.24. The van der Waals surface area contributed by atoms with Crippen molar-refractivity contribution < 1.29 is 19.1 Å². The fourth-order valence-corrected chi connectivity index (χ4v) is 4.35. The number of rotatable bonds is 8. The SMILES string of the molecule is COC1=CC2=NC(CSCCNC(=O)c3cccc4c3ccn4C)=NC(=O)C2=CC1OC. The van der Waals surface area contributed by atoms with Crippen LogP contribution in [0.25, 0.3) is 10.9 Å². The van der Waals surface area contributed by atoms with Crippen LogP contribution in [0.15, 0.2) is 63.9 Å². The highest BCUT2D eigenvalue weighted by Crippen LogP contribution is 2.23. The number of aryl methyl sites for hydroxylation is 1. The van der Waals surface area contributed by atoms with E-state index in [0.29, 0.717) is 46.5 Å². The lowest BCUT2D eigenvalue weighted by atomic mass is 9.99. The van der Waals surface area contributed by atoms with Gasteiger partial charge < -0.3 is 19.4 Å². The van der Waals surface area contributed by atoms with E-state index in [9.17, 15) is 9.59 Å². The molecule has 1 unspecified atom stereocenters. The Labute approximate surface area is 190 Å². The van der Waals surface area contributed by atoms with Crippen LogP contribution in [-0.2, 0) is 21.3 Å². The summed E-state index contributed by atoms with van der Waals surface area (Å²) in [4.78, 5) is 33.6. The largest absolute Gasteiger partial charge is 0.498 e. The molecular formula is C23H24N4O4S. The molecule has 1 aliphatic carbocycles. The third-order valence-electron chi connectivity index (χ3n) is 5.29. The van der Waals surface area contributed by atoms with Crippen LogP contribution in [0.5, 0.6) is 0 Å². The fourth-order valence-electron chi connectivity index (χ4n) is 3.65. The molecule has 1 aromatic carbocycles. The number of carbonyl (C=O) groups excluding carboxylic acids is 2. The number of aliphatic imine (C=N–C) groups is 2. The highest BCUT2D eigenvalue weighted by Gasteiger charge is 2.28. The summed E-state index contributed by atoms with van der Waals surface area (Å²) in [5.74, 6) is 1.75. The Morgan fingerprint density at radius 2 is 2.09 bits per heavy atom. The van der Waals surface area contributed by atoms with Crippen molar-refractivity contribution in [2.45, 2.75) is 6.10 Å². The zero-order valence-corrected chi connectivity index (χ0v) is 18.9. The lowest BCUT2D eigenvalue weighted by Gasteiger charge is -2.22. The number of allylic oxidation sites excluding steroid dienone is 1. The topological polar surface area (TPSA) is 94.3 Å². The van der Waals surface area contributed by atoms with Crippen LogP contribution >= 0.6 is 11.8 Å². The molecule has 8 nitrogen and oxygen atoms in total. The van der Waals surface area contributed by atoms with E-state index in [1.807, 2.05) is 42.1 Å². The summed E-state index contributed by atoms with van der Waals surface area (Å²) < 4.78 is 12.6. The predicted molar refractivity (Wildman–Crippen MR) is 126 cm³/mol. The number of benzene rings is 1. The molecule has 2 aliphatic rings. The molecule has 2 heterocycles. The van der Waals surface area contributed by atoms with Crippen LogP contribution in [0.1, 0.15) is 10.4 Å². The zero-order valence-electron chi connectivity index (χ0n) is 18.1. The van der Waals surface area contributed by atoms with Crippen molar-refractivity contribution in [3.8, 4) is 0 Å². The van der Waals surface area contributed by atoms with E-state index >= 15 is 0 Å². The van der Waals surface area contributed by atoms with E-state index in [2.05, 4.69) is 15.3 Å². The number of ether oxygens (including phenoxy) is 2. The summed E-state index contributed by atoms with van der Waals surface area (Å²) in [6.07, 6.45) is 4.91. The number of methoxy groups -OCH3 is 2. The maximum atomic E-state index is 12.6. The van der Waals surface area contributed by atoms with Gasteiger partial charge >= 0.3 is 0 Å². The molecule has 0 saturated heterocycles. The van der Waals surface area contributed by atoms with Gasteiger partial charge in [-0.25, -0.2) is 4.99 Å². The summed E-state index contributed by atoms with van der Waals surface area (Å²) in [7, 11) is 5.06. The van der Waals surface area contributed by atoms with Crippen LogP contribution in [-0.4, -0.2) is 66.3 Å². The van der Waals surface area contributed by atoms with Gasteiger partial charge in [0.2, 0.25) is 0 Å². The Kier molecular flexibility index (Phi) is 6.57. The van der Waals surface area contributed by atoms with Gasteiger partial charge in [-0.1, -0.05) is 6.07 Å². The molecule has 1 atom stereocenters. The minimum absolute atomic E-state index is 0.102. The average molecular weight is 453 g/mol. The molecule has 2 amide bonds. The molecule has 4 rings (SSSR count). The van der Waals surface area contributed by atoms with Gasteiger partial charge in [0.25, 0.3) is 11.8 Å². The first kappa shape index (κ1) is 22.0. The molecule has 1 aliphatic heterocycles. The van der Waals surface area contributed by atoms with Crippen molar-refractivity contribution in [1.82, 2.24) is 9.88 Å². The minimum Gasteiger partial charge on any atom is -0.498 e. The molecule has 0 radical (unpaired) electrons. The van der Waals surface area contributed by atoms with E-state index < -0.39 is 6.10 Å². The number of carbonyl (C=O) groups is 2. The standard InChI is InChI=1S/C23H24N4O4S/c1-27-9-7-14-15(5-4-6-18(14)27)22(28)24-8-10-32-13-21-25-17-12-20(31-3)19(30-2)11-16(17)23(29)26-21/h4-7,9,11-12,19H,8,10,13H2,1-3H3,(H,24,28). The first-order chi connectivity index (χ1) is 15.5. The van der Waals surface area contributed by atoms with E-state index in [1.54, 1.807) is 38.1 Å². The molecule has 2 aromatic rings. The minimum atomic E-state index is -0.422. The lowest BCUT2D eigenvalue weighted by molar-refractivity contribution is -0.114. The van der Waals surface area contributed by atoms with Gasteiger partial charge in [0.15, 0.2) is 0 Å². The maximum absolute atomic E-state index is 12.6. The number of nitrogens with one attached hydrogen (secondary N) is 1. The Balaban J connectivity index is 1.31. The van der Waals surface area contributed by atoms with Crippen LogP contribution < -0.4 is 5.32 Å². The number of amidine groups is 1. The van der Waals surface area contributed by atoms with E-state index in [1.165, 1.54) is 0 Å². The monoisotopic (exact) mass is 452 g/mol. The maximum Gasteiger partial charge on any atom is 0.280 e. The number of nitrogens with zero attached hydrogens (tertiary/aromatic N) is 3. The summed E-state index contributed by atoms with van der Waals surface area (Å²) >= 11 is 1.55. The van der Waals surface area contributed by atoms with Crippen molar-refractivity contribution in [1.29, 1.82) is 0 Å². The molecule has 166 valence electrons. The summed E-state index contributed by atoms with van der Waals surface area (Å²) in [6, 6.07) is 7.65. The molecule has 1 N–H and O–H groups in total. The number of thioether (sulfide) groups is 1. The van der Waals surface area contributed by atoms with Crippen molar-refractivity contribution in [3.05, 3.63) is 59.5 Å². The van der Waals surface area contributed by atoms with Crippen LogP contribution in [0.2, 0.25) is 0 Å². The smallest absolute Gasteiger partial charge is 0.280 e. The van der Waals surface area contributed by atoms with Gasteiger partial charge in [0.05, 0.1) is 24.1 Å². The van der Waals surface area contributed by atoms with Crippen molar-refractivity contribution in [3.63, 3.8) is 0 Å². The Morgan fingerprint density at radius 3 is 2.88 bits per heavy atom. The lowest BCUT2D eigenvalue weighted by Crippen LogP contribution is -2.28. The van der Waals surface area contributed by atoms with Crippen LogP contribution in [0, 0.1) is 0 Å². The molecule has 0 spiro atoms. The van der Waals surface area contributed by atoms with Gasteiger partial charge in [0.1, 0.15) is 17.7 Å². The molecule has 1 aromatic heterocycles. The number of hydrogen-bond acceptors (Lipinski definition) is 6. The van der Waals surface area contributed by atoms with Crippen molar-refractivity contribution >= 4 is 46.0 Å². The Bertz CT molecular complexity index is 1190. The van der Waals surface area contributed by atoms with Gasteiger partial charge in [0, 0.05) is 55.2 Å². The first-order valence-electron chi connectivity index (χ1n) is 10.1. The van der Waals surface area contributed by atoms with Gasteiger partial charge in [-0.2, -0.15) is 16.8 Å². The number of hydrogen-bond donors (Lipinski definition) is 1. The van der Waals surface area contributed by atoms with E-state index in [-0.39, 0.29) is 11.8 Å². The highest BCUT2D eigenvalue weighted by atomic mass is 32.2. The Morgan fingerprint density at radius 1 is 1.25 bits per heavy atom. The molecule has 32 heavy (non-hydrogen) atoms. The van der Waals surface area contributed by atoms with Gasteiger partial charge in [-0.15, -0.1) is 0 Å². The van der Waals surface area contributed by atoms with Crippen molar-refractivity contribution in [2.24, 2.45) is 17.0 Å². The van der Waals surface area contributed by atoms with Crippen LogP contribution in [0.4, 0.5) is 0 Å². The quantitative estimate of drug-likeness (QED) is 0.621. The van der Waals surface area contributed by atoms with E-state index in [4.69, 9.17) is 9.47 Å². The second-order valence-corrected chi connectivity index (χ2v) is 8.40. The third kappa shape index (κ3) is 4.39. The molecule has 9 heteroatoms. The average Bonchev–Trinajstić information content (AvgIpc) is 3.18. The van der Waals surface area contributed by atoms with E-state index in [0.717, 1.165) is 10.9 Å². The van der Waals surface area contributed by atoms with Gasteiger partial charge in [-0.05, 0) is 24.3 Å².